The lowest BCUT2D eigenvalue weighted by atomic mass is 9.92. The molecule has 2 amide bonds. The molecule has 3 rings (SSSR count). The van der Waals surface area contributed by atoms with E-state index in [1.807, 2.05) is 13.8 Å². The number of ether oxygens (including phenoxy) is 4. The zero-order chi connectivity index (χ0) is 33.5. The van der Waals surface area contributed by atoms with Crippen LogP contribution in [0, 0.1) is 5.41 Å². The normalized spacial score (nSPS) is 17.0. The van der Waals surface area contributed by atoms with E-state index in [4.69, 9.17) is 35.7 Å². The van der Waals surface area contributed by atoms with Gasteiger partial charge in [0.2, 0.25) is 5.91 Å². The van der Waals surface area contributed by atoms with E-state index in [0.717, 1.165) is 0 Å². The van der Waals surface area contributed by atoms with Crippen LogP contribution >= 0.6 is 11.6 Å². The number of carbonyl (C=O) groups excluding carboxylic acids is 4. The average Bonchev–Trinajstić information content (AvgIpc) is 3.07. The number of rotatable bonds is 14. The van der Waals surface area contributed by atoms with Gasteiger partial charge in [-0.1, -0.05) is 37.6 Å². The number of nitrogens with one attached hydrogen (secondary N) is 1. The van der Waals surface area contributed by atoms with Crippen molar-refractivity contribution in [2.45, 2.75) is 65.2 Å². The molecule has 0 aromatic heterocycles. The van der Waals surface area contributed by atoms with Crippen molar-refractivity contribution in [3.8, 4) is 11.5 Å². The summed E-state index contributed by atoms with van der Waals surface area (Å²) >= 11 is 6.47. The zero-order valence-electron chi connectivity index (χ0n) is 26.2. The van der Waals surface area contributed by atoms with Gasteiger partial charge in [-0.2, -0.15) is 0 Å². The smallest absolute Gasteiger partial charge is 0.303 e. The molecule has 0 saturated carbocycles. The van der Waals surface area contributed by atoms with Gasteiger partial charge >= 0.3 is 11.9 Å². The third kappa shape index (κ3) is 9.18. The Morgan fingerprint density at radius 2 is 1.80 bits per heavy atom. The first-order valence-electron chi connectivity index (χ1n) is 14.3. The molecule has 1 heterocycles. The summed E-state index contributed by atoms with van der Waals surface area (Å²) in [5.74, 6) is -2.49. The maximum absolute atomic E-state index is 14.3. The molecular weight excluding hydrogens is 608 g/mol. The fraction of sp³-hybridized carbons (Fsp3) is 0.469. The summed E-state index contributed by atoms with van der Waals surface area (Å²) in [6.07, 6.45) is -3.26. The Hall–Kier alpha value is -4.16. The van der Waals surface area contributed by atoms with Gasteiger partial charge in [0.15, 0.2) is 17.3 Å². The molecule has 45 heavy (non-hydrogen) atoms. The van der Waals surface area contributed by atoms with E-state index in [-0.39, 0.29) is 26.0 Å². The highest BCUT2D eigenvalue weighted by atomic mass is 35.5. The first-order chi connectivity index (χ1) is 21.2. The van der Waals surface area contributed by atoms with E-state index in [1.165, 1.54) is 33.0 Å². The number of halogens is 1. The average molecular weight is 647 g/mol. The summed E-state index contributed by atoms with van der Waals surface area (Å²) < 4.78 is 22.9. The molecule has 2 aromatic rings. The highest BCUT2D eigenvalue weighted by molar-refractivity contribution is 6.30. The van der Waals surface area contributed by atoms with Crippen molar-refractivity contribution in [1.29, 1.82) is 0 Å². The Morgan fingerprint density at radius 3 is 2.40 bits per heavy atom. The Balaban J connectivity index is 2.13. The van der Waals surface area contributed by atoms with Crippen molar-refractivity contribution >= 4 is 46.8 Å². The number of ketones is 1. The fourth-order valence-corrected chi connectivity index (χ4v) is 5.25. The molecule has 0 radical (unpaired) electrons. The van der Waals surface area contributed by atoms with Crippen LogP contribution < -0.4 is 19.7 Å². The number of benzene rings is 2. The van der Waals surface area contributed by atoms with Gasteiger partial charge in [-0.3, -0.25) is 24.0 Å². The van der Waals surface area contributed by atoms with Gasteiger partial charge in [0.05, 0.1) is 33.3 Å². The van der Waals surface area contributed by atoms with Crippen LogP contribution in [0.25, 0.3) is 0 Å². The van der Waals surface area contributed by atoms with Gasteiger partial charge in [-0.25, -0.2) is 0 Å². The number of nitrogens with zero attached hydrogens (tertiary/aromatic N) is 1. The topological polar surface area (TPSA) is 158 Å². The molecule has 0 aliphatic carbocycles. The monoisotopic (exact) mass is 646 g/mol. The second-order valence-corrected chi connectivity index (χ2v) is 12.0. The summed E-state index contributed by atoms with van der Waals surface area (Å²) in [6, 6.07) is 9.11. The van der Waals surface area contributed by atoms with Crippen LogP contribution in [0.4, 0.5) is 5.69 Å². The number of hydrogen-bond acceptors (Lipinski definition) is 9. The van der Waals surface area contributed by atoms with Crippen LogP contribution in [-0.2, 0) is 33.4 Å². The maximum Gasteiger partial charge on any atom is 0.303 e. The molecule has 13 heteroatoms. The molecule has 2 N–H and O–H groups in total. The van der Waals surface area contributed by atoms with Gasteiger partial charge in [0.25, 0.3) is 5.91 Å². The predicted molar refractivity (Wildman–Crippen MR) is 165 cm³/mol. The highest BCUT2D eigenvalue weighted by Gasteiger charge is 2.41. The number of fused-ring (bicyclic) bond motifs is 1. The van der Waals surface area contributed by atoms with E-state index >= 15 is 0 Å². The van der Waals surface area contributed by atoms with Crippen molar-refractivity contribution in [2.75, 3.05) is 32.3 Å². The van der Waals surface area contributed by atoms with Gasteiger partial charge in [0.1, 0.15) is 12.2 Å². The predicted octanol–water partition coefficient (Wildman–Crippen LogP) is 4.10. The quantitative estimate of drug-likeness (QED) is 0.286. The molecule has 0 fully saturated rings. The molecule has 12 nitrogen and oxygen atoms in total. The molecule has 1 aliphatic heterocycles. The van der Waals surface area contributed by atoms with Crippen molar-refractivity contribution in [2.24, 2.45) is 5.41 Å². The van der Waals surface area contributed by atoms with Crippen LogP contribution in [0.5, 0.6) is 11.5 Å². The van der Waals surface area contributed by atoms with E-state index in [1.54, 1.807) is 36.4 Å². The molecule has 1 aliphatic rings. The Kier molecular flexibility index (Phi) is 11.9. The number of aliphatic carboxylic acids is 1. The molecular formula is C32H39ClN2O10. The van der Waals surface area contributed by atoms with E-state index < -0.39 is 59.6 Å². The van der Waals surface area contributed by atoms with Crippen LogP contribution in [0.2, 0.25) is 5.02 Å². The lowest BCUT2D eigenvalue weighted by molar-refractivity contribution is -0.144. The highest BCUT2D eigenvalue weighted by Crippen LogP contribution is 2.45. The third-order valence-electron chi connectivity index (χ3n) is 7.22. The first-order valence-corrected chi connectivity index (χ1v) is 14.7. The number of amides is 2. The molecule has 0 saturated heterocycles. The second kappa shape index (κ2) is 15.2. The number of Topliss-reactive ketones (excluding diaryl/α,β-unsaturated/α-hetero) is 1. The fourth-order valence-electron chi connectivity index (χ4n) is 5.06. The van der Waals surface area contributed by atoms with E-state index in [9.17, 15) is 24.0 Å². The summed E-state index contributed by atoms with van der Waals surface area (Å²) in [5, 5.41) is 12.0. The summed E-state index contributed by atoms with van der Waals surface area (Å²) in [7, 11) is 2.95. The van der Waals surface area contributed by atoms with Crippen LogP contribution in [0.15, 0.2) is 36.4 Å². The number of carboxylic acid groups (broad SMARTS) is 1. The summed E-state index contributed by atoms with van der Waals surface area (Å²) in [5.41, 5.74) is 0.746. The van der Waals surface area contributed by atoms with Gasteiger partial charge in [-0.15, -0.1) is 0 Å². The van der Waals surface area contributed by atoms with Gasteiger partial charge < -0.3 is 34.3 Å². The Labute approximate surface area is 266 Å². The zero-order valence-corrected chi connectivity index (χ0v) is 26.9. The van der Waals surface area contributed by atoms with Crippen molar-refractivity contribution in [3.05, 3.63) is 52.5 Å². The maximum atomic E-state index is 14.3. The number of methoxy groups -OCH3 is 2. The SMILES string of the molecule is COc1cccc([C@H]2O[C@H](CC(=O)N[C@@H](CCC(=O)O)C(C)=O)C(=O)N(CC(C)(C)COC(C)=O)c3ccc(Cl)cc32)c1OC. The largest absolute Gasteiger partial charge is 0.493 e. The number of anilines is 1. The van der Waals surface area contributed by atoms with Crippen LogP contribution in [0.1, 0.15) is 64.2 Å². The third-order valence-corrected chi connectivity index (χ3v) is 7.45. The Bertz CT molecular complexity index is 1440. The molecule has 244 valence electrons. The van der Waals surface area contributed by atoms with Crippen molar-refractivity contribution in [1.82, 2.24) is 5.32 Å². The molecule has 0 unspecified atom stereocenters. The standard InChI is InChI=1S/C32H39ClN2O10/c1-18(36)23(11-13-28(39)40)34-27(38)15-26-31(41)35(16-32(3,4)17-44-19(2)37)24-12-10-20(33)14-22(24)29(45-26)21-8-7-9-25(42-5)30(21)43-6/h7-10,12,14,23,26,29H,11,13,15-17H2,1-6H3,(H,34,38)(H,39,40)/t23-,26+,29+/m0/s1. The van der Waals surface area contributed by atoms with Crippen LogP contribution in [0.3, 0.4) is 0 Å². The molecule has 0 bridgehead atoms. The summed E-state index contributed by atoms with van der Waals surface area (Å²) in [4.78, 5) is 64.0. The molecule has 0 spiro atoms. The number of hydrogen-bond donors (Lipinski definition) is 2. The Morgan fingerprint density at radius 1 is 1.09 bits per heavy atom. The number of para-hydroxylation sites is 1. The van der Waals surface area contributed by atoms with Crippen LogP contribution in [-0.4, -0.2) is 74.2 Å². The van der Waals surface area contributed by atoms with E-state index in [0.29, 0.717) is 33.3 Å². The lowest BCUT2D eigenvalue weighted by Crippen LogP contribution is -2.48. The minimum Gasteiger partial charge on any atom is -0.493 e. The first kappa shape index (κ1) is 35.3. The van der Waals surface area contributed by atoms with Crippen molar-refractivity contribution in [3.63, 3.8) is 0 Å². The van der Waals surface area contributed by atoms with Gasteiger partial charge in [0, 0.05) is 47.1 Å². The summed E-state index contributed by atoms with van der Waals surface area (Å²) in [6.45, 7) is 6.29. The minimum atomic E-state index is -1.37. The molecule has 2 aromatic carbocycles. The number of esters is 1. The van der Waals surface area contributed by atoms with Gasteiger partial charge in [-0.05, 0) is 37.6 Å². The number of carboxylic acids is 1. The number of carbonyl (C=O) groups is 5. The molecule has 3 atom stereocenters. The lowest BCUT2D eigenvalue weighted by Gasteiger charge is -2.33. The van der Waals surface area contributed by atoms with Crippen molar-refractivity contribution < 1.29 is 48.0 Å². The minimum absolute atomic E-state index is 0.0120. The van der Waals surface area contributed by atoms with E-state index in [2.05, 4.69) is 5.32 Å². The second-order valence-electron chi connectivity index (χ2n) is 11.5.